The van der Waals surface area contributed by atoms with Crippen molar-refractivity contribution in [2.45, 2.75) is 12.8 Å². The van der Waals surface area contributed by atoms with Crippen LogP contribution in [0.5, 0.6) is 5.75 Å². The topological polar surface area (TPSA) is 28.3 Å². The monoisotopic (exact) mass is 248 g/mol. The predicted octanol–water partition coefficient (Wildman–Crippen LogP) is 2.35. The summed E-state index contributed by atoms with van der Waals surface area (Å²) < 4.78 is 19.4. The number of methoxy groups -OCH3 is 1. The lowest BCUT2D eigenvalue weighted by Gasteiger charge is -2.11. The maximum Gasteiger partial charge on any atom is 0.174 e. The average molecular weight is 248 g/mol. The summed E-state index contributed by atoms with van der Waals surface area (Å²) in [4.78, 5) is 5.62. The molecular formula is C14H17FN2O. The molecule has 1 aromatic carbocycles. The van der Waals surface area contributed by atoms with Crippen LogP contribution in [-0.4, -0.2) is 37.1 Å². The lowest BCUT2D eigenvalue weighted by Crippen LogP contribution is -2.21. The van der Waals surface area contributed by atoms with Crippen LogP contribution >= 0.6 is 0 Å². The number of benzene rings is 1. The Morgan fingerprint density at radius 1 is 1.28 bits per heavy atom. The van der Waals surface area contributed by atoms with E-state index in [0.29, 0.717) is 11.1 Å². The Balaban J connectivity index is 2.20. The summed E-state index contributed by atoms with van der Waals surface area (Å²) >= 11 is 0. The Labute approximate surface area is 106 Å². The number of hydrogen-bond donors (Lipinski definition) is 1. The molecule has 2 heterocycles. The van der Waals surface area contributed by atoms with Gasteiger partial charge in [0.05, 0.1) is 7.11 Å². The van der Waals surface area contributed by atoms with Crippen molar-refractivity contribution in [2.75, 3.05) is 27.2 Å². The number of aromatic nitrogens is 1. The highest BCUT2D eigenvalue weighted by atomic mass is 19.1. The van der Waals surface area contributed by atoms with Gasteiger partial charge >= 0.3 is 0 Å². The predicted molar refractivity (Wildman–Crippen MR) is 69.7 cm³/mol. The second-order valence-electron chi connectivity index (χ2n) is 4.89. The number of fused-ring (bicyclic) bond motifs is 3. The van der Waals surface area contributed by atoms with Crippen molar-refractivity contribution in [2.24, 2.45) is 0 Å². The quantitative estimate of drug-likeness (QED) is 0.839. The SMILES string of the molecule is COc1ccc2[nH]c3c(c2c1F)CCN(C)CC3. The van der Waals surface area contributed by atoms with E-state index in [2.05, 4.69) is 16.9 Å². The van der Waals surface area contributed by atoms with E-state index in [9.17, 15) is 4.39 Å². The summed E-state index contributed by atoms with van der Waals surface area (Å²) in [5.41, 5.74) is 3.16. The molecule has 1 N–H and O–H groups in total. The van der Waals surface area contributed by atoms with Crippen LogP contribution in [0.2, 0.25) is 0 Å². The van der Waals surface area contributed by atoms with Crippen molar-refractivity contribution < 1.29 is 9.13 Å². The molecule has 0 fully saturated rings. The van der Waals surface area contributed by atoms with Crippen LogP contribution in [0.25, 0.3) is 10.9 Å². The summed E-state index contributed by atoms with van der Waals surface area (Å²) in [6.07, 6.45) is 1.83. The third kappa shape index (κ3) is 1.68. The first-order valence-electron chi connectivity index (χ1n) is 6.25. The van der Waals surface area contributed by atoms with Crippen LogP contribution < -0.4 is 4.74 Å². The van der Waals surface area contributed by atoms with Gasteiger partial charge in [-0.15, -0.1) is 0 Å². The highest BCUT2D eigenvalue weighted by molar-refractivity contribution is 5.87. The zero-order valence-electron chi connectivity index (χ0n) is 10.7. The summed E-state index contributed by atoms with van der Waals surface area (Å²) in [6, 6.07) is 3.58. The minimum absolute atomic E-state index is 0.239. The van der Waals surface area contributed by atoms with Gasteiger partial charge in [-0.1, -0.05) is 0 Å². The normalized spacial score (nSPS) is 16.6. The minimum atomic E-state index is -0.239. The number of hydrogen-bond acceptors (Lipinski definition) is 2. The standard InChI is InChI=1S/C14H17FN2O/c1-17-7-5-9-10(6-8-17)16-11-3-4-12(18-2)14(15)13(9)11/h3-4,16H,5-8H2,1-2H3. The molecule has 0 bridgehead atoms. The number of nitrogens with zero attached hydrogens (tertiary/aromatic N) is 1. The smallest absolute Gasteiger partial charge is 0.174 e. The van der Waals surface area contributed by atoms with Crippen molar-refractivity contribution in [3.8, 4) is 5.75 Å². The lowest BCUT2D eigenvalue weighted by atomic mass is 10.1. The molecule has 2 aromatic rings. The Bertz CT molecular complexity index is 591. The number of ether oxygens (including phenoxy) is 1. The molecule has 1 aliphatic heterocycles. The first-order chi connectivity index (χ1) is 8.70. The Kier molecular flexibility index (Phi) is 2.74. The number of H-pyrrole nitrogens is 1. The van der Waals surface area contributed by atoms with Crippen LogP contribution in [0.3, 0.4) is 0 Å². The summed E-state index contributed by atoms with van der Waals surface area (Å²) in [7, 11) is 3.61. The van der Waals surface area contributed by atoms with Gasteiger partial charge in [0.2, 0.25) is 0 Å². The van der Waals surface area contributed by atoms with E-state index in [1.165, 1.54) is 12.8 Å². The Hall–Kier alpha value is -1.55. The maximum atomic E-state index is 14.4. The maximum absolute atomic E-state index is 14.4. The van der Waals surface area contributed by atoms with Gasteiger partial charge in [0.1, 0.15) is 0 Å². The molecule has 4 heteroatoms. The van der Waals surface area contributed by atoms with Crippen LogP contribution in [0, 0.1) is 5.82 Å². The molecule has 0 saturated heterocycles. The molecule has 3 rings (SSSR count). The molecule has 3 nitrogen and oxygen atoms in total. The van der Waals surface area contributed by atoms with Gasteiger partial charge in [0, 0.05) is 36.1 Å². The fourth-order valence-corrected chi connectivity index (χ4v) is 2.71. The van der Waals surface area contributed by atoms with Crippen molar-refractivity contribution in [3.05, 3.63) is 29.2 Å². The van der Waals surface area contributed by atoms with Crippen LogP contribution in [-0.2, 0) is 12.8 Å². The van der Waals surface area contributed by atoms with Gasteiger partial charge in [-0.3, -0.25) is 0 Å². The van der Waals surface area contributed by atoms with E-state index in [1.807, 2.05) is 6.07 Å². The lowest BCUT2D eigenvalue weighted by molar-refractivity contribution is 0.351. The van der Waals surface area contributed by atoms with E-state index in [1.54, 1.807) is 6.07 Å². The van der Waals surface area contributed by atoms with Crippen molar-refractivity contribution in [1.82, 2.24) is 9.88 Å². The molecule has 0 saturated carbocycles. The Morgan fingerprint density at radius 3 is 2.83 bits per heavy atom. The third-order valence-electron chi connectivity index (χ3n) is 3.77. The van der Waals surface area contributed by atoms with Crippen molar-refractivity contribution in [3.63, 3.8) is 0 Å². The first-order valence-corrected chi connectivity index (χ1v) is 6.25. The third-order valence-corrected chi connectivity index (χ3v) is 3.77. The molecule has 0 radical (unpaired) electrons. The molecule has 0 unspecified atom stereocenters. The first kappa shape index (κ1) is 11.5. The van der Waals surface area contributed by atoms with Crippen molar-refractivity contribution >= 4 is 10.9 Å². The second-order valence-corrected chi connectivity index (χ2v) is 4.89. The largest absolute Gasteiger partial charge is 0.494 e. The van der Waals surface area contributed by atoms with Gasteiger partial charge in [0.15, 0.2) is 11.6 Å². The fraction of sp³-hybridized carbons (Fsp3) is 0.429. The molecule has 0 atom stereocenters. The number of rotatable bonds is 1. The van der Waals surface area contributed by atoms with E-state index >= 15 is 0 Å². The summed E-state index contributed by atoms with van der Waals surface area (Å²) in [5.74, 6) is 0.0824. The highest BCUT2D eigenvalue weighted by Gasteiger charge is 2.20. The van der Waals surface area contributed by atoms with Crippen LogP contribution in [0.1, 0.15) is 11.3 Å². The molecule has 0 amide bonds. The van der Waals surface area contributed by atoms with Gasteiger partial charge in [-0.05, 0) is 31.2 Å². The minimum Gasteiger partial charge on any atom is -0.494 e. The number of nitrogens with one attached hydrogen (secondary N) is 1. The van der Waals surface area contributed by atoms with E-state index in [0.717, 1.165) is 37.0 Å². The zero-order chi connectivity index (χ0) is 12.7. The molecule has 1 aliphatic rings. The molecule has 18 heavy (non-hydrogen) atoms. The summed E-state index contributed by atoms with van der Waals surface area (Å²) in [6.45, 7) is 1.98. The van der Waals surface area contributed by atoms with Gasteiger partial charge < -0.3 is 14.6 Å². The van der Waals surface area contributed by atoms with Crippen LogP contribution in [0.4, 0.5) is 4.39 Å². The second kappa shape index (κ2) is 4.28. The van der Waals surface area contributed by atoms with Crippen LogP contribution in [0.15, 0.2) is 12.1 Å². The summed E-state index contributed by atoms with van der Waals surface area (Å²) in [5, 5.41) is 0.708. The fourth-order valence-electron chi connectivity index (χ4n) is 2.71. The average Bonchev–Trinajstić information content (AvgIpc) is 2.63. The zero-order valence-corrected chi connectivity index (χ0v) is 10.7. The number of aromatic amines is 1. The van der Waals surface area contributed by atoms with E-state index in [-0.39, 0.29) is 5.82 Å². The van der Waals surface area contributed by atoms with Gasteiger partial charge in [-0.25, -0.2) is 4.39 Å². The number of halogens is 1. The Morgan fingerprint density at radius 2 is 2.06 bits per heavy atom. The molecular weight excluding hydrogens is 231 g/mol. The molecule has 0 spiro atoms. The van der Waals surface area contributed by atoms with E-state index in [4.69, 9.17) is 4.74 Å². The molecule has 96 valence electrons. The highest BCUT2D eigenvalue weighted by Crippen LogP contribution is 2.32. The van der Waals surface area contributed by atoms with Gasteiger partial charge in [0.25, 0.3) is 0 Å². The van der Waals surface area contributed by atoms with E-state index < -0.39 is 0 Å². The van der Waals surface area contributed by atoms with Gasteiger partial charge in [-0.2, -0.15) is 0 Å². The number of likely N-dealkylation sites (N-methyl/N-ethyl adjacent to an activating group) is 1. The van der Waals surface area contributed by atoms with Crippen molar-refractivity contribution in [1.29, 1.82) is 0 Å². The molecule has 0 aliphatic carbocycles. The molecule has 1 aromatic heterocycles.